The highest BCUT2D eigenvalue weighted by Gasteiger charge is 2.26. The average molecular weight is 324 g/mol. The number of nitrogens with zero attached hydrogens (tertiary/aromatic N) is 1. The Morgan fingerprint density at radius 2 is 1.96 bits per heavy atom. The highest BCUT2D eigenvalue weighted by molar-refractivity contribution is 6.10. The van der Waals surface area contributed by atoms with Crippen molar-refractivity contribution in [2.45, 2.75) is 19.8 Å². The van der Waals surface area contributed by atoms with Crippen molar-refractivity contribution in [2.24, 2.45) is 0 Å². The molecule has 5 nitrogen and oxygen atoms in total. The van der Waals surface area contributed by atoms with Crippen molar-refractivity contribution in [3.05, 3.63) is 53.6 Å². The Bertz CT molecular complexity index is 786. The van der Waals surface area contributed by atoms with Crippen molar-refractivity contribution >= 4 is 17.5 Å². The van der Waals surface area contributed by atoms with E-state index in [-0.39, 0.29) is 11.8 Å². The zero-order valence-electron chi connectivity index (χ0n) is 13.8. The summed E-state index contributed by atoms with van der Waals surface area (Å²) < 4.78 is 5.88. The normalized spacial score (nSPS) is 12.8. The second-order valence-electron chi connectivity index (χ2n) is 5.75. The van der Waals surface area contributed by atoms with Crippen LogP contribution in [0.5, 0.6) is 11.5 Å². The number of carbonyl (C=O) groups is 2. The SMILES string of the molecule is CCCCNC(=O)c1ccc2c(c1)N(C)C(=O)c1ccccc1O2. The van der Waals surface area contributed by atoms with Crippen LogP contribution in [0.15, 0.2) is 42.5 Å². The summed E-state index contributed by atoms with van der Waals surface area (Å²) in [6.07, 6.45) is 1.96. The molecule has 0 saturated heterocycles. The summed E-state index contributed by atoms with van der Waals surface area (Å²) in [4.78, 5) is 26.4. The fraction of sp³-hybridized carbons (Fsp3) is 0.263. The zero-order valence-corrected chi connectivity index (χ0v) is 13.8. The van der Waals surface area contributed by atoms with Crippen LogP contribution < -0.4 is 15.0 Å². The molecular weight excluding hydrogens is 304 g/mol. The Morgan fingerprint density at radius 3 is 2.75 bits per heavy atom. The molecule has 0 unspecified atom stereocenters. The van der Waals surface area contributed by atoms with E-state index in [0.29, 0.717) is 34.9 Å². The highest BCUT2D eigenvalue weighted by atomic mass is 16.5. The fourth-order valence-corrected chi connectivity index (χ4v) is 2.63. The number of ether oxygens (including phenoxy) is 1. The maximum absolute atomic E-state index is 12.6. The summed E-state index contributed by atoms with van der Waals surface area (Å²) in [7, 11) is 1.69. The Kier molecular flexibility index (Phi) is 4.51. The Labute approximate surface area is 141 Å². The molecule has 3 rings (SSSR count). The first-order valence-electron chi connectivity index (χ1n) is 8.09. The first kappa shape index (κ1) is 16.1. The van der Waals surface area contributed by atoms with E-state index < -0.39 is 0 Å². The fourth-order valence-electron chi connectivity index (χ4n) is 2.63. The molecule has 1 aliphatic heterocycles. The molecule has 0 aromatic heterocycles. The zero-order chi connectivity index (χ0) is 17.1. The van der Waals surface area contributed by atoms with Crippen molar-refractivity contribution in [3.8, 4) is 11.5 Å². The van der Waals surface area contributed by atoms with Gasteiger partial charge in [-0.3, -0.25) is 9.59 Å². The molecule has 2 amide bonds. The van der Waals surface area contributed by atoms with E-state index >= 15 is 0 Å². The molecule has 1 aliphatic rings. The number of carbonyl (C=O) groups excluding carboxylic acids is 2. The number of fused-ring (bicyclic) bond motifs is 2. The number of unbranched alkanes of at least 4 members (excludes halogenated alkanes) is 1. The molecule has 5 heteroatoms. The quantitative estimate of drug-likeness (QED) is 0.874. The molecule has 2 aromatic carbocycles. The maximum atomic E-state index is 12.6. The molecule has 2 aromatic rings. The van der Waals surface area contributed by atoms with Crippen molar-refractivity contribution < 1.29 is 14.3 Å². The second-order valence-corrected chi connectivity index (χ2v) is 5.75. The van der Waals surface area contributed by atoms with Crippen LogP contribution in [0, 0.1) is 0 Å². The van der Waals surface area contributed by atoms with Gasteiger partial charge in [0.15, 0.2) is 5.75 Å². The monoisotopic (exact) mass is 324 g/mol. The number of rotatable bonds is 4. The molecule has 0 fully saturated rings. The average Bonchev–Trinajstić information content (AvgIpc) is 2.71. The van der Waals surface area contributed by atoms with Crippen LogP contribution >= 0.6 is 0 Å². The third kappa shape index (κ3) is 2.97. The third-order valence-electron chi connectivity index (χ3n) is 4.04. The van der Waals surface area contributed by atoms with Crippen LogP contribution in [0.4, 0.5) is 5.69 Å². The summed E-state index contributed by atoms with van der Waals surface area (Å²) in [5, 5.41) is 2.88. The number of anilines is 1. The van der Waals surface area contributed by atoms with Crippen molar-refractivity contribution in [2.75, 3.05) is 18.5 Å². The van der Waals surface area contributed by atoms with E-state index in [9.17, 15) is 9.59 Å². The van der Waals surface area contributed by atoms with Gasteiger partial charge in [-0.2, -0.15) is 0 Å². The van der Waals surface area contributed by atoms with Crippen molar-refractivity contribution in [3.63, 3.8) is 0 Å². The van der Waals surface area contributed by atoms with Gasteiger partial charge in [-0.15, -0.1) is 0 Å². The van der Waals surface area contributed by atoms with Crippen LogP contribution in [0.3, 0.4) is 0 Å². The Hall–Kier alpha value is -2.82. The lowest BCUT2D eigenvalue weighted by Gasteiger charge is -2.17. The highest BCUT2D eigenvalue weighted by Crippen LogP contribution is 2.38. The van der Waals surface area contributed by atoms with E-state index in [0.717, 1.165) is 12.8 Å². The van der Waals surface area contributed by atoms with Gasteiger partial charge in [-0.25, -0.2) is 0 Å². The van der Waals surface area contributed by atoms with E-state index in [1.807, 2.05) is 6.07 Å². The van der Waals surface area contributed by atoms with Crippen molar-refractivity contribution in [1.82, 2.24) is 5.32 Å². The molecule has 1 N–H and O–H groups in total. The number of amides is 2. The number of hydrogen-bond donors (Lipinski definition) is 1. The van der Waals surface area contributed by atoms with E-state index in [2.05, 4.69) is 12.2 Å². The van der Waals surface area contributed by atoms with Crippen LogP contribution in [0.25, 0.3) is 0 Å². The lowest BCUT2D eigenvalue weighted by atomic mass is 10.1. The standard InChI is InChI=1S/C19H20N2O3/c1-3-4-11-20-18(22)13-9-10-17-15(12-13)21(2)19(23)14-7-5-6-8-16(14)24-17/h5-10,12H,3-4,11H2,1-2H3,(H,20,22). The summed E-state index contributed by atoms with van der Waals surface area (Å²) in [5.74, 6) is 0.774. The van der Waals surface area contributed by atoms with E-state index in [4.69, 9.17) is 4.74 Å². The minimum Gasteiger partial charge on any atom is -0.454 e. The molecule has 124 valence electrons. The maximum Gasteiger partial charge on any atom is 0.261 e. The summed E-state index contributed by atoms with van der Waals surface area (Å²) in [6.45, 7) is 2.72. The number of benzene rings is 2. The van der Waals surface area contributed by atoms with E-state index in [1.165, 1.54) is 4.90 Å². The summed E-state index contributed by atoms with van der Waals surface area (Å²) >= 11 is 0. The van der Waals surface area contributed by atoms with Crippen LogP contribution in [-0.2, 0) is 0 Å². The summed E-state index contributed by atoms with van der Waals surface area (Å²) in [6, 6.07) is 12.3. The molecule has 24 heavy (non-hydrogen) atoms. The predicted molar refractivity (Wildman–Crippen MR) is 92.9 cm³/mol. The molecule has 0 saturated carbocycles. The molecule has 0 atom stereocenters. The van der Waals surface area contributed by atoms with Crippen molar-refractivity contribution in [1.29, 1.82) is 0 Å². The third-order valence-corrected chi connectivity index (χ3v) is 4.04. The minimum atomic E-state index is -0.159. The van der Waals surface area contributed by atoms with E-state index in [1.54, 1.807) is 43.4 Å². The summed E-state index contributed by atoms with van der Waals surface area (Å²) in [5.41, 5.74) is 1.60. The van der Waals surface area contributed by atoms with Gasteiger partial charge in [-0.1, -0.05) is 25.5 Å². The van der Waals surface area contributed by atoms with Crippen LogP contribution in [-0.4, -0.2) is 25.4 Å². The lowest BCUT2D eigenvalue weighted by molar-refractivity contribution is 0.0950. The first-order valence-corrected chi connectivity index (χ1v) is 8.09. The smallest absolute Gasteiger partial charge is 0.261 e. The molecule has 0 bridgehead atoms. The van der Waals surface area contributed by atoms with Gasteiger partial charge >= 0.3 is 0 Å². The number of hydrogen-bond acceptors (Lipinski definition) is 3. The largest absolute Gasteiger partial charge is 0.454 e. The Balaban J connectivity index is 1.93. The molecule has 1 heterocycles. The van der Waals surface area contributed by atoms with Crippen LogP contribution in [0.2, 0.25) is 0 Å². The van der Waals surface area contributed by atoms with Gasteiger partial charge < -0.3 is 15.0 Å². The van der Waals surface area contributed by atoms with Gasteiger partial charge in [0.2, 0.25) is 0 Å². The van der Waals surface area contributed by atoms with Gasteiger partial charge in [0.1, 0.15) is 5.75 Å². The first-order chi connectivity index (χ1) is 11.6. The molecule has 0 aliphatic carbocycles. The lowest BCUT2D eigenvalue weighted by Crippen LogP contribution is -2.27. The molecule has 0 radical (unpaired) electrons. The molecule has 0 spiro atoms. The van der Waals surface area contributed by atoms with Crippen LogP contribution in [0.1, 0.15) is 40.5 Å². The van der Waals surface area contributed by atoms with Gasteiger partial charge in [-0.05, 0) is 36.8 Å². The van der Waals surface area contributed by atoms with Gasteiger partial charge in [0.25, 0.3) is 11.8 Å². The molecular formula is C19H20N2O3. The van der Waals surface area contributed by atoms with Gasteiger partial charge in [0.05, 0.1) is 11.3 Å². The predicted octanol–water partition coefficient (Wildman–Crippen LogP) is 3.60. The minimum absolute atomic E-state index is 0.145. The number of para-hydroxylation sites is 1. The second kappa shape index (κ2) is 6.74. The topological polar surface area (TPSA) is 58.6 Å². The Morgan fingerprint density at radius 1 is 1.17 bits per heavy atom. The number of nitrogens with one attached hydrogen (secondary N) is 1. The van der Waals surface area contributed by atoms with Gasteiger partial charge in [0, 0.05) is 19.2 Å².